The number of ether oxygens (including phenoxy) is 2. The highest BCUT2D eigenvalue weighted by atomic mass is 19.1. The van der Waals surface area contributed by atoms with Crippen LogP contribution >= 0.6 is 0 Å². The lowest BCUT2D eigenvalue weighted by Crippen LogP contribution is -2.28. The molecule has 3 rings (SSSR count). The van der Waals surface area contributed by atoms with Crippen molar-refractivity contribution >= 4 is 11.7 Å². The smallest absolute Gasteiger partial charge is 0.319 e. The van der Waals surface area contributed by atoms with Gasteiger partial charge < -0.3 is 20.1 Å². The second-order valence-electron chi connectivity index (χ2n) is 6.07. The van der Waals surface area contributed by atoms with Crippen LogP contribution in [-0.4, -0.2) is 13.1 Å². The Morgan fingerprint density at radius 2 is 1.82 bits per heavy atom. The number of methoxy groups -OCH3 is 1. The number of benzene rings is 3. The van der Waals surface area contributed by atoms with Crippen molar-refractivity contribution in [2.24, 2.45) is 0 Å². The molecule has 6 heteroatoms. The third-order valence-corrected chi connectivity index (χ3v) is 4.02. The van der Waals surface area contributed by atoms with Crippen molar-refractivity contribution in [2.75, 3.05) is 12.4 Å². The van der Waals surface area contributed by atoms with Crippen LogP contribution in [0.3, 0.4) is 0 Å². The summed E-state index contributed by atoms with van der Waals surface area (Å²) < 4.78 is 24.2. The van der Waals surface area contributed by atoms with Gasteiger partial charge in [0.25, 0.3) is 0 Å². The van der Waals surface area contributed by atoms with E-state index in [-0.39, 0.29) is 18.5 Å². The molecule has 0 atom stereocenters. The van der Waals surface area contributed by atoms with Gasteiger partial charge in [0.15, 0.2) is 0 Å². The quantitative estimate of drug-likeness (QED) is 0.623. The number of para-hydroxylation sites is 1. The van der Waals surface area contributed by atoms with Crippen LogP contribution in [0.15, 0.2) is 72.8 Å². The number of hydrogen-bond acceptors (Lipinski definition) is 3. The van der Waals surface area contributed by atoms with Crippen molar-refractivity contribution in [1.82, 2.24) is 5.32 Å². The zero-order chi connectivity index (χ0) is 19.8. The Morgan fingerprint density at radius 1 is 1.00 bits per heavy atom. The molecule has 5 nitrogen and oxygen atoms in total. The topological polar surface area (TPSA) is 59.6 Å². The van der Waals surface area contributed by atoms with Gasteiger partial charge in [-0.1, -0.05) is 36.4 Å². The highest BCUT2D eigenvalue weighted by molar-refractivity contribution is 5.89. The minimum Gasteiger partial charge on any atom is -0.496 e. The summed E-state index contributed by atoms with van der Waals surface area (Å²) in [5.74, 6) is 0.991. The van der Waals surface area contributed by atoms with Gasteiger partial charge in [-0.2, -0.15) is 0 Å². The van der Waals surface area contributed by atoms with E-state index >= 15 is 0 Å². The van der Waals surface area contributed by atoms with Gasteiger partial charge in [-0.3, -0.25) is 0 Å². The van der Waals surface area contributed by atoms with Crippen LogP contribution in [0.1, 0.15) is 11.1 Å². The molecule has 0 saturated carbocycles. The van der Waals surface area contributed by atoms with Gasteiger partial charge in [0.1, 0.15) is 23.9 Å². The summed E-state index contributed by atoms with van der Waals surface area (Å²) >= 11 is 0. The van der Waals surface area contributed by atoms with Gasteiger partial charge in [0.05, 0.1) is 7.11 Å². The van der Waals surface area contributed by atoms with Gasteiger partial charge in [-0.25, -0.2) is 9.18 Å². The fraction of sp³-hybridized carbons (Fsp3) is 0.136. The van der Waals surface area contributed by atoms with Crippen LogP contribution in [0.25, 0.3) is 0 Å². The first-order valence-corrected chi connectivity index (χ1v) is 8.78. The van der Waals surface area contributed by atoms with Crippen LogP contribution in [0.2, 0.25) is 0 Å². The van der Waals surface area contributed by atoms with Crippen molar-refractivity contribution in [1.29, 1.82) is 0 Å². The number of halogens is 1. The van der Waals surface area contributed by atoms with Gasteiger partial charge in [0, 0.05) is 23.9 Å². The zero-order valence-corrected chi connectivity index (χ0v) is 15.4. The Labute approximate surface area is 163 Å². The highest BCUT2D eigenvalue weighted by Gasteiger charge is 2.06. The Morgan fingerprint density at radius 3 is 2.64 bits per heavy atom. The molecule has 0 radical (unpaired) electrons. The van der Waals surface area contributed by atoms with E-state index in [1.165, 1.54) is 12.1 Å². The molecule has 0 aromatic heterocycles. The third-order valence-electron chi connectivity index (χ3n) is 4.02. The first-order chi connectivity index (χ1) is 13.6. The van der Waals surface area contributed by atoms with E-state index in [9.17, 15) is 9.18 Å². The summed E-state index contributed by atoms with van der Waals surface area (Å²) in [6.07, 6.45) is 0. The van der Waals surface area contributed by atoms with Crippen LogP contribution < -0.4 is 20.1 Å². The van der Waals surface area contributed by atoms with Gasteiger partial charge in [0.2, 0.25) is 0 Å². The summed E-state index contributed by atoms with van der Waals surface area (Å²) in [5, 5.41) is 5.56. The average Bonchev–Trinajstić information content (AvgIpc) is 2.71. The molecule has 0 saturated heterocycles. The van der Waals surface area contributed by atoms with E-state index < -0.39 is 0 Å². The van der Waals surface area contributed by atoms with Crippen LogP contribution in [0, 0.1) is 5.82 Å². The van der Waals surface area contributed by atoms with E-state index in [4.69, 9.17) is 9.47 Å². The maximum absolute atomic E-state index is 13.2. The molecule has 3 aromatic rings. The van der Waals surface area contributed by atoms with Gasteiger partial charge in [-0.05, 0) is 35.9 Å². The first-order valence-electron chi connectivity index (χ1n) is 8.78. The second-order valence-corrected chi connectivity index (χ2v) is 6.07. The predicted octanol–water partition coefficient (Wildman–Crippen LogP) is 4.74. The predicted molar refractivity (Wildman–Crippen MR) is 106 cm³/mol. The zero-order valence-electron chi connectivity index (χ0n) is 15.4. The fourth-order valence-corrected chi connectivity index (χ4v) is 2.66. The summed E-state index contributed by atoms with van der Waals surface area (Å²) in [6, 6.07) is 20.4. The SMILES string of the molecule is COc1ccccc1CNC(=O)Nc1cccc(OCc2cccc(F)c2)c1. The molecule has 0 aliphatic heterocycles. The molecular formula is C22H21FN2O3. The third kappa shape index (κ3) is 5.48. The monoisotopic (exact) mass is 380 g/mol. The number of rotatable bonds is 7. The Balaban J connectivity index is 1.54. The normalized spacial score (nSPS) is 10.2. The van der Waals surface area contributed by atoms with Crippen molar-refractivity contribution in [2.45, 2.75) is 13.2 Å². The minimum atomic E-state index is -0.340. The molecule has 0 aliphatic rings. The second kappa shape index (κ2) is 9.41. The number of urea groups is 1. The largest absolute Gasteiger partial charge is 0.496 e. The lowest BCUT2D eigenvalue weighted by Gasteiger charge is -2.12. The lowest BCUT2D eigenvalue weighted by molar-refractivity contribution is 0.251. The van der Waals surface area contributed by atoms with Crippen molar-refractivity contribution in [3.63, 3.8) is 0 Å². The molecule has 0 heterocycles. The maximum atomic E-state index is 13.2. The van der Waals surface area contributed by atoms with E-state index in [0.29, 0.717) is 18.0 Å². The molecule has 144 valence electrons. The van der Waals surface area contributed by atoms with E-state index in [1.54, 1.807) is 43.5 Å². The van der Waals surface area contributed by atoms with Crippen LogP contribution in [0.4, 0.5) is 14.9 Å². The minimum absolute atomic E-state index is 0.237. The Bertz CT molecular complexity index is 946. The summed E-state index contributed by atoms with van der Waals surface area (Å²) in [4.78, 5) is 12.2. The molecule has 3 aromatic carbocycles. The Hall–Kier alpha value is -3.54. The molecule has 28 heavy (non-hydrogen) atoms. The molecule has 2 N–H and O–H groups in total. The molecule has 0 unspecified atom stereocenters. The number of carbonyl (C=O) groups is 1. The van der Waals surface area contributed by atoms with E-state index in [0.717, 1.165) is 16.9 Å². The molecule has 2 amide bonds. The number of anilines is 1. The summed E-state index contributed by atoms with van der Waals surface area (Å²) in [5.41, 5.74) is 2.20. The average molecular weight is 380 g/mol. The molecule has 0 fully saturated rings. The van der Waals surface area contributed by atoms with E-state index in [2.05, 4.69) is 10.6 Å². The molecule has 0 spiro atoms. The maximum Gasteiger partial charge on any atom is 0.319 e. The number of amides is 2. The van der Waals surface area contributed by atoms with Crippen molar-refractivity contribution in [3.05, 3.63) is 89.7 Å². The van der Waals surface area contributed by atoms with Gasteiger partial charge >= 0.3 is 6.03 Å². The van der Waals surface area contributed by atoms with Crippen LogP contribution in [0.5, 0.6) is 11.5 Å². The van der Waals surface area contributed by atoms with Crippen molar-refractivity contribution in [3.8, 4) is 11.5 Å². The fourth-order valence-electron chi connectivity index (χ4n) is 2.66. The number of carbonyl (C=O) groups excluding carboxylic acids is 1. The van der Waals surface area contributed by atoms with Gasteiger partial charge in [-0.15, -0.1) is 0 Å². The summed E-state index contributed by atoms with van der Waals surface area (Å²) in [6.45, 7) is 0.576. The number of nitrogens with one attached hydrogen (secondary N) is 2. The van der Waals surface area contributed by atoms with Crippen LogP contribution in [-0.2, 0) is 13.2 Å². The van der Waals surface area contributed by atoms with E-state index in [1.807, 2.05) is 24.3 Å². The Kier molecular flexibility index (Phi) is 6.46. The lowest BCUT2D eigenvalue weighted by atomic mass is 10.2. The summed E-state index contributed by atoms with van der Waals surface area (Å²) in [7, 11) is 1.59. The standard InChI is InChI=1S/C22H21FN2O3/c1-27-21-11-3-2-7-17(21)14-24-22(26)25-19-9-5-10-20(13-19)28-15-16-6-4-8-18(23)12-16/h2-13H,14-15H2,1H3,(H2,24,25,26). The number of hydrogen-bond donors (Lipinski definition) is 2. The highest BCUT2D eigenvalue weighted by Crippen LogP contribution is 2.19. The van der Waals surface area contributed by atoms with Crippen molar-refractivity contribution < 1.29 is 18.7 Å². The molecular weight excluding hydrogens is 359 g/mol. The molecule has 0 bridgehead atoms. The first kappa shape index (κ1) is 19.2. The molecule has 0 aliphatic carbocycles.